The highest BCUT2D eigenvalue weighted by Gasteiger charge is 2.15. The second kappa shape index (κ2) is 7.05. The number of nitrogens with zero attached hydrogens (tertiary/aromatic N) is 2. The van der Waals surface area contributed by atoms with Crippen LogP contribution in [-0.2, 0) is 11.3 Å². The van der Waals surface area contributed by atoms with Crippen LogP contribution in [0, 0.1) is 5.92 Å². The van der Waals surface area contributed by atoms with Crippen molar-refractivity contribution in [2.45, 2.75) is 39.8 Å². The Bertz CT molecular complexity index is 740. The van der Waals surface area contributed by atoms with Crippen LogP contribution in [0.25, 0.3) is 10.9 Å². The van der Waals surface area contributed by atoms with Gasteiger partial charge in [0.2, 0.25) is 5.91 Å². The van der Waals surface area contributed by atoms with Crippen LogP contribution in [0.2, 0.25) is 0 Å². The maximum atomic E-state index is 12.4. The van der Waals surface area contributed by atoms with E-state index in [1.54, 1.807) is 12.1 Å². The first-order valence-corrected chi connectivity index (χ1v) is 8.15. The predicted molar refractivity (Wildman–Crippen MR) is 90.8 cm³/mol. The van der Waals surface area contributed by atoms with Gasteiger partial charge in [0.15, 0.2) is 0 Å². The third kappa shape index (κ3) is 3.74. The summed E-state index contributed by atoms with van der Waals surface area (Å²) in [4.78, 5) is 28.8. The molecule has 6 heteroatoms. The second-order valence-electron chi connectivity index (χ2n) is 5.67. The van der Waals surface area contributed by atoms with Crippen LogP contribution >= 0.6 is 15.9 Å². The number of nitrogens with one attached hydrogen (secondary N) is 1. The number of halogens is 1. The number of amides is 1. The zero-order valence-corrected chi connectivity index (χ0v) is 14.6. The number of hydrogen-bond acceptors (Lipinski definition) is 3. The molecule has 0 saturated carbocycles. The van der Waals surface area contributed by atoms with Gasteiger partial charge in [-0.05, 0) is 30.5 Å². The van der Waals surface area contributed by atoms with Gasteiger partial charge in [-0.15, -0.1) is 0 Å². The Kier molecular flexibility index (Phi) is 5.34. The molecule has 1 N–H and O–H groups in total. The maximum Gasteiger partial charge on any atom is 0.261 e. The molecule has 0 aliphatic rings. The molecule has 0 saturated heterocycles. The molecule has 2 rings (SSSR count). The molecule has 1 aromatic heterocycles. The van der Waals surface area contributed by atoms with Crippen molar-refractivity contribution in [1.29, 1.82) is 0 Å². The standard InChI is InChI=1S/C16H20BrN3O2/c1-4-13(10(2)3)19-15(21)8-20-9-18-14-6-5-11(17)7-12(14)16(20)22/h5-7,9-10,13H,4,8H2,1-3H3,(H,19,21). The predicted octanol–water partition coefficient (Wildman–Crippen LogP) is 2.71. The number of fused-ring (bicyclic) bond motifs is 1. The van der Waals surface area contributed by atoms with Crippen LogP contribution in [0.5, 0.6) is 0 Å². The van der Waals surface area contributed by atoms with Crippen LogP contribution in [0.3, 0.4) is 0 Å². The smallest absolute Gasteiger partial charge is 0.261 e. The third-order valence-corrected chi connectivity index (χ3v) is 4.18. The van der Waals surface area contributed by atoms with Gasteiger partial charge < -0.3 is 5.32 Å². The zero-order valence-electron chi connectivity index (χ0n) is 13.0. The van der Waals surface area contributed by atoms with Gasteiger partial charge in [0, 0.05) is 10.5 Å². The van der Waals surface area contributed by atoms with E-state index in [0.29, 0.717) is 16.8 Å². The molecule has 0 fully saturated rings. The molecule has 1 heterocycles. The highest BCUT2D eigenvalue weighted by Crippen LogP contribution is 2.14. The molecule has 118 valence electrons. The van der Waals surface area contributed by atoms with Crippen molar-refractivity contribution >= 4 is 32.7 Å². The molecule has 1 unspecified atom stereocenters. The number of aromatic nitrogens is 2. The van der Waals surface area contributed by atoms with Gasteiger partial charge in [-0.2, -0.15) is 0 Å². The van der Waals surface area contributed by atoms with Crippen molar-refractivity contribution in [3.05, 3.63) is 39.4 Å². The largest absolute Gasteiger partial charge is 0.352 e. The molecule has 0 radical (unpaired) electrons. The first kappa shape index (κ1) is 16.7. The normalized spacial score (nSPS) is 12.6. The molecule has 5 nitrogen and oxygen atoms in total. The summed E-state index contributed by atoms with van der Waals surface area (Å²) in [6, 6.07) is 5.45. The van der Waals surface area contributed by atoms with Gasteiger partial charge in [-0.25, -0.2) is 4.98 Å². The van der Waals surface area contributed by atoms with Gasteiger partial charge in [0.1, 0.15) is 6.54 Å². The lowest BCUT2D eigenvalue weighted by molar-refractivity contribution is -0.122. The van der Waals surface area contributed by atoms with E-state index in [1.165, 1.54) is 10.9 Å². The van der Waals surface area contributed by atoms with E-state index >= 15 is 0 Å². The number of carbonyl (C=O) groups is 1. The minimum atomic E-state index is -0.209. The van der Waals surface area contributed by atoms with E-state index in [1.807, 2.05) is 13.0 Å². The minimum absolute atomic E-state index is 0.0164. The lowest BCUT2D eigenvalue weighted by Gasteiger charge is -2.20. The lowest BCUT2D eigenvalue weighted by atomic mass is 10.0. The summed E-state index contributed by atoms with van der Waals surface area (Å²) in [6.07, 6.45) is 2.29. The number of rotatable bonds is 5. The highest BCUT2D eigenvalue weighted by atomic mass is 79.9. The fourth-order valence-corrected chi connectivity index (χ4v) is 2.75. The molecular weight excluding hydrogens is 346 g/mol. The molecule has 0 aliphatic carbocycles. The van der Waals surface area contributed by atoms with Gasteiger partial charge in [-0.3, -0.25) is 14.2 Å². The molecule has 0 aliphatic heterocycles. The van der Waals surface area contributed by atoms with Crippen molar-refractivity contribution in [3.63, 3.8) is 0 Å². The van der Waals surface area contributed by atoms with Crippen LogP contribution < -0.4 is 10.9 Å². The van der Waals surface area contributed by atoms with Gasteiger partial charge in [0.25, 0.3) is 5.56 Å². The Morgan fingerprint density at radius 1 is 1.41 bits per heavy atom. The quantitative estimate of drug-likeness (QED) is 0.885. The van der Waals surface area contributed by atoms with E-state index in [0.717, 1.165) is 10.9 Å². The maximum absolute atomic E-state index is 12.4. The van der Waals surface area contributed by atoms with Gasteiger partial charge in [0.05, 0.1) is 17.2 Å². The molecule has 1 atom stereocenters. The van der Waals surface area contributed by atoms with E-state index in [2.05, 4.69) is 40.1 Å². The Morgan fingerprint density at radius 3 is 2.77 bits per heavy atom. The first-order valence-electron chi connectivity index (χ1n) is 7.36. The highest BCUT2D eigenvalue weighted by molar-refractivity contribution is 9.10. The van der Waals surface area contributed by atoms with E-state index in [-0.39, 0.29) is 24.1 Å². The average molecular weight is 366 g/mol. The Labute approximate surface area is 137 Å². The fourth-order valence-electron chi connectivity index (χ4n) is 2.39. The van der Waals surface area contributed by atoms with Crippen molar-refractivity contribution < 1.29 is 4.79 Å². The Balaban J connectivity index is 2.23. The minimum Gasteiger partial charge on any atom is -0.352 e. The van der Waals surface area contributed by atoms with E-state index in [4.69, 9.17) is 0 Å². The van der Waals surface area contributed by atoms with E-state index in [9.17, 15) is 9.59 Å². The lowest BCUT2D eigenvalue weighted by Crippen LogP contribution is -2.41. The summed E-state index contributed by atoms with van der Waals surface area (Å²) < 4.78 is 2.16. The van der Waals surface area contributed by atoms with Gasteiger partial charge >= 0.3 is 0 Å². The SMILES string of the molecule is CCC(NC(=O)Cn1cnc2ccc(Br)cc2c1=O)C(C)C. The van der Waals surface area contributed by atoms with Crippen LogP contribution in [0.15, 0.2) is 33.8 Å². The summed E-state index contributed by atoms with van der Waals surface area (Å²) in [5.74, 6) is 0.190. The summed E-state index contributed by atoms with van der Waals surface area (Å²) in [5.41, 5.74) is 0.414. The Morgan fingerprint density at radius 2 is 2.14 bits per heavy atom. The van der Waals surface area contributed by atoms with Crippen LogP contribution in [0.4, 0.5) is 0 Å². The summed E-state index contributed by atoms with van der Waals surface area (Å²) in [5, 5.41) is 3.47. The zero-order chi connectivity index (χ0) is 16.3. The Hall–Kier alpha value is -1.69. The molecule has 0 spiro atoms. The monoisotopic (exact) mass is 365 g/mol. The number of hydrogen-bond donors (Lipinski definition) is 1. The number of carbonyl (C=O) groups excluding carboxylic acids is 1. The summed E-state index contributed by atoms with van der Waals surface area (Å²) in [6.45, 7) is 6.15. The van der Waals surface area contributed by atoms with Crippen LogP contribution in [0.1, 0.15) is 27.2 Å². The van der Waals surface area contributed by atoms with Crippen molar-refractivity contribution in [1.82, 2.24) is 14.9 Å². The van der Waals surface area contributed by atoms with Crippen molar-refractivity contribution in [3.8, 4) is 0 Å². The fraction of sp³-hybridized carbons (Fsp3) is 0.438. The molecule has 1 amide bonds. The summed E-state index contributed by atoms with van der Waals surface area (Å²) in [7, 11) is 0. The first-order chi connectivity index (χ1) is 10.4. The van der Waals surface area contributed by atoms with Crippen molar-refractivity contribution in [2.24, 2.45) is 5.92 Å². The second-order valence-corrected chi connectivity index (χ2v) is 6.58. The number of benzene rings is 1. The molecule has 2 aromatic rings. The topological polar surface area (TPSA) is 64.0 Å². The van der Waals surface area contributed by atoms with Crippen LogP contribution in [-0.4, -0.2) is 21.5 Å². The molecule has 0 bridgehead atoms. The molecule has 1 aromatic carbocycles. The summed E-state index contributed by atoms with van der Waals surface area (Å²) >= 11 is 3.34. The molecular formula is C16H20BrN3O2. The third-order valence-electron chi connectivity index (χ3n) is 3.69. The average Bonchev–Trinajstić information content (AvgIpc) is 2.48. The van der Waals surface area contributed by atoms with Gasteiger partial charge in [-0.1, -0.05) is 36.7 Å². The van der Waals surface area contributed by atoms with Crippen molar-refractivity contribution in [2.75, 3.05) is 0 Å². The molecule has 22 heavy (non-hydrogen) atoms. The van der Waals surface area contributed by atoms with E-state index < -0.39 is 0 Å².